The van der Waals surface area contributed by atoms with Crippen molar-refractivity contribution in [2.75, 3.05) is 13.6 Å². The van der Waals surface area contributed by atoms with E-state index in [0.29, 0.717) is 13.1 Å². The van der Waals surface area contributed by atoms with Gasteiger partial charge in [-0.1, -0.05) is 37.6 Å². The number of nitrogens with zero attached hydrogens (tertiary/aromatic N) is 5. The minimum atomic E-state index is 0.0200. The normalized spacial score (nSPS) is 12.8. The monoisotopic (exact) mass is 427 g/mol. The lowest BCUT2D eigenvalue weighted by atomic mass is 10.1. The van der Waals surface area contributed by atoms with E-state index in [-0.39, 0.29) is 6.04 Å². The highest BCUT2D eigenvalue weighted by Crippen LogP contribution is 2.19. The highest BCUT2D eigenvalue weighted by molar-refractivity contribution is 6.30. The number of hydrogen-bond donors (Lipinski definition) is 2. The van der Waals surface area contributed by atoms with Crippen LogP contribution in [0.4, 0.5) is 0 Å². The second-order valence-electron chi connectivity index (χ2n) is 7.06. The number of rotatable bonds is 8. The summed E-state index contributed by atoms with van der Waals surface area (Å²) in [4.78, 5) is 4.40. The van der Waals surface area contributed by atoms with Crippen LogP contribution in [0.25, 0.3) is 0 Å². The Morgan fingerprint density at radius 2 is 1.93 bits per heavy atom. The second kappa shape index (κ2) is 10.3. The van der Waals surface area contributed by atoms with Crippen LogP contribution in [0, 0.1) is 0 Å². The summed E-state index contributed by atoms with van der Waals surface area (Å²) in [5.41, 5.74) is 4.77. The third kappa shape index (κ3) is 5.02. The van der Waals surface area contributed by atoms with Gasteiger partial charge in [-0.3, -0.25) is 14.4 Å². The molecule has 3 rings (SSSR count). The number of nitrogens with one attached hydrogen (secondary N) is 2. The van der Waals surface area contributed by atoms with Crippen molar-refractivity contribution >= 4 is 17.6 Å². The Labute approximate surface area is 183 Å². The van der Waals surface area contributed by atoms with Gasteiger partial charge in [0.2, 0.25) is 0 Å². The summed E-state index contributed by atoms with van der Waals surface area (Å²) < 4.78 is 3.93. The summed E-state index contributed by atoms with van der Waals surface area (Å²) >= 11 is 6.07. The highest BCUT2D eigenvalue weighted by Gasteiger charge is 2.16. The van der Waals surface area contributed by atoms with Gasteiger partial charge < -0.3 is 10.6 Å². The van der Waals surface area contributed by atoms with Crippen LogP contribution >= 0.6 is 11.6 Å². The Kier molecular flexibility index (Phi) is 7.52. The first-order valence-corrected chi connectivity index (χ1v) is 10.7. The van der Waals surface area contributed by atoms with Crippen molar-refractivity contribution in [1.29, 1.82) is 0 Å². The van der Waals surface area contributed by atoms with E-state index in [1.54, 1.807) is 13.2 Å². The average Bonchev–Trinajstić information content (AvgIpc) is 3.39. The SMILES string of the molecule is CCc1nn(C)c(CC)c1CNC(=NC)NCC(c1ccc(Cl)cc1)n1cccn1. The molecular formula is C22H30ClN7. The number of halogens is 1. The van der Waals surface area contributed by atoms with E-state index in [9.17, 15) is 0 Å². The van der Waals surface area contributed by atoms with Gasteiger partial charge >= 0.3 is 0 Å². The number of aromatic nitrogens is 4. The van der Waals surface area contributed by atoms with Crippen LogP contribution in [0.2, 0.25) is 5.02 Å². The molecule has 0 fully saturated rings. The molecule has 2 heterocycles. The van der Waals surface area contributed by atoms with E-state index >= 15 is 0 Å². The quantitative estimate of drug-likeness (QED) is 0.427. The third-order valence-electron chi connectivity index (χ3n) is 5.25. The Balaban J connectivity index is 1.70. The molecule has 30 heavy (non-hydrogen) atoms. The minimum Gasteiger partial charge on any atom is -0.354 e. The Morgan fingerprint density at radius 3 is 2.53 bits per heavy atom. The topological polar surface area (TPSA) is 72.1 Å². The molecule has 160 valence electrons. The highest BCUT2D eigenvalue weighted by atomic mass is 35.5. The second-order valence-corrected chi connectivity index (χ2v) is 7.50. The number of aliphatic imine (C=N–C) groups is 1. The molecule has 0 spiro atoms. The lowest BCUT2D eigenvalue weighted by molar-refractivity contribution is 0.510. The first-order valence-electron chi connectivity index (χ1n) is 10.3. The smallest absolute Gasteiger partial charge is 0.191 e. The van der Waals surface area contributed by atoms with Crippen LogP contribution in [-0.4, -0.2) is 39.1 Å². The molecule has 0 saturated carbocycles. The summed E-state index contributed by atoms with van der Waals surface area (Å²) in [6, 6.07) is 9.82. The Bertz CT molecular complexity index is 958. The van der Waals surface area contributed by atoms with Crippen molar-refractivity contribution in [3.05, 3.63) is 70.3 Å². The van der Waals surface area contributed by atoms with E-state index in [2.05, 4.69) is 39.7 Å². The molecule has 0 bridgehead atoms. The third-order valence-corrected chi connectivity index (χ3v) is 5.50. The van der Waals surface area contributed by atoms with Gasteiger partial charge in [0.05, 0.1) is 11.7 Å². The average molecular weight is 428 g/mol. The summed E-state index contributed by atoms with van der Waals surface area (Å²) in [6.45, 7) is 5.62. The summed E-state index contributed by atoms with van der Waals surface area (Å²) in [5.74, 6) is 0.745. The van der Waals surface area contributed by atoms with Gasteiger partial charge in [0.1, 0.15) is 0 Å². The number of hydrogen-bond acceptors (Lipinski definition) is 3. The predicted molar refractivity (Wildman–Crippen MR) is 122 cm³/mol. The zero-order valence-corrected chi connectivity index (χ0v) is 18.8. The molecule has 0 aliphatic heterocycles. The minimum absolute atomic E-state index is 0.0200. The molecule has 1 aromatic carbocycles. The van der Waals surface area contributed by atoms with Crippen LogP contribution in [0.5, 0.6) is 0 Å². The van der Waals surface area contributed by atoms with Crippen molar-refractivity contribution in [2.45, 2.75) is 39.3 Å². The zero-order valence-electron chi connectivity index (χ0n) is 18.1. The van der Waals surface area contributed by atoms with Crippen LogP contribution in [0.1, 0.15) is 42.4 Å². The lowest BCUT2D eigenvalue weighted by Crippen LogP contribution is -2.40. The number of aryl methyl sites for hydroxylation is 2. The van der Waals surface area contributed by atoms with Crippen molar-refractivity contribution in [3.8, 4) is 0 Å². The molecule has 0 radical (unpaired) electrons. The van der Waals surface area contributed by atoms with Crippen molar-refractivity contribution in [2.24, 2.45) is 12.0 Å². The van der Waals surface area contributed by atoms with Crippen LogP contribution < -0.4 is 10.6 Å². The molecule has 0 aliphatic carbocycles. The van der Waals surface area contributed by atoms with E-state index in [1.807, 2.05) is 52.9 Å². The fraction of sp³-hybridized carbons (Fsp3) is 0.409. The van der Waals surface area contributed by atoms with Gasteiger partial charge in [0.15, 0.2) is 5.96 Å². The zero-order chi connectivity index (χ0) is 21.5. The van der Waals surface area contributed by atoms with E-state index in [4.69, 9.17) is 11.6 Å². The maximum atomic E-state index is 6.07. The fourth-order valence-electron chi connectivity index (χ4n) is 3.69. The van der Waals surface area contributed by atoms with Crippen molar-refractivity contribution in [1.82, 2.24) is 30.2 Å². The van der Waals surface area contributed by atoms with Crippen molar-refractivity contribution in [3.63, 3.8) is 0 Å². The van der Waals surface area contributed by atoms with Crippen LogP contribution in [0.3, 0.4) is 0 Å². The van der Waals surface area contributed by atoms with Gasteiger partial charge in [-0.2, -0.15) is 10.2 Å². The summed E-state index contributed by atoms with van der Waals surface area (Å²) in [7, 11) is 3.79. The first-order chi connectivity index (χ1) is 14.6. The fourth-order valence-corrected chi connectivity index (χ4v) is 3.82. The maximum Gasteiger partial charge on any atom is 0.191 e. The molecule has 7 nitrogen and oxygen atoms in total. The predicted octanol–water partition coefficient (Wildman–Crippen LogP) is 3.35. The first kappa shape index (κ1) is 21.9. The molecule has 8 heteroatoms. The maximum absolute atomic E-state index is 6.07. The Morgan fingerprint density at radius 1 is 1.17 bits per heavy atom. The van der Waals surface area contributed by atoms with Gasteiger partial charge in [0, 0.05) is 55.9 Å². The summed E-state index contributed by atoms with van der Waals surface area (Å²) in [6.07, 6.45) is 5.62. The molecule has 0 saturated heterocycles. The molecule has 3 aromatic rings. The van der Waals surface area contributed by atoms with Gasteiger partial charge in [0.25, 0.3) is 0 Å². The van der Waals surface area contributed by atoms with E-state index < -0.39 is 0 Å². The van der Waals surface area contributed by atoms with Crippen LogP contribution in [-0.2, 0) is 26.4 Å². The molecule has 1 unspecified atom stereocenters. The molecular weight excluding hydrogens is 398 g/mol. The van der Waals surface area contributed by atoms with Crippen molar-refractivity contribution < 1.29 is 0 Å². The Hall–Kier alpha value is -2.80. The molecule has 0 aliphatic rings. The molecule has 2 N–H and O–H groups in total. The van der Waals surface area contributed by atoms with E-state index in [1.165, 1.54) is 11.3 Å². The molecule has 0 amide bonds. The van der Waals surface area contributed by atoms with Gasteiger partial charge in [-0.05, 0) is 36.6 Å². The van der Waals surface area contributed by atoms with Gasteiger partial charge in [-0.15, -0.1) is 0 Å². The summed E-state index contributed by atoms with van der Waals surface area (Å²) in [5, 5.41) is 16.7. The molecule has 2 aromatic heterocycles. The number of guanidine groups is 1. The lowest BCUT2D eigenvalue weighted by Gasteiger charge is -2.21. The number of benzene rings is 1. The van der Waals surface area contributed by atoms with E-state index in [0.717, 1.165) is 35.1 Å². The van der Waals surface area contributed by atoms with Crippen LogP contribution in [0.15, 0.2) is 47.7 Å². The standard InChI is InChI=1S/C22H30ClN7/c1-5-19-18(20(6-2)29(4)28-19)14-25-22(24-3)26-15-21(30-13-7-12-27-30)16-8-10-17(23)11-9-16/h7-13,21H,5-6,14-15H2,1-4H3,(H2,24,25,26). The molecule has 1 atom stereocenters. The largest absolute Gasteiger partial charge is 0.354 e. The van der Waals surface area contributed by atoms with Gasteiger partial charge in [-0.25, -0.2) is 0 Å².